The van der Waals surface area contributed by atoms with E-state index in [0.29, 0.717) is 6.04 Å². The average Bonchev–Trinajstić information content (AvgIpc) is 2.25. The maximum atomic E-state index is 4.98. The van der Waals surface area contributed by atoms with Crippen LogP contribution in [0.1, 0.15) is 24.9 Å². The van der Waals surface area contributed by atoms with Crippen molar-refractivity contribution in [2.45, 2.75) is 19.4 Å². The van der Waals surface area contributed by atoms with Crippen LogP contribution in [0.25, 0.3) is 0 Å². The zero-order chi connectivity index (χ0) is 10.2. The smallest absolute Gasteiger partial charge is 0.0474 e. The van der Waals surface area contributed by atoms with Crippen molar-refractivity contribution in [3.63, 3.8) is 0 Å². The van der Waals surface area contributed by atoms with Crippen LogP contribution in [0, 0.1) is 0 Å². The molecule has 1 heterocycles. The van der Waals surface area contributed by atoms with E-state index in [1.807, 2.05) is 12.3 Å². The molecule has 14 heavy (non-hydrogen) atoms. The molecule has 3 nitrogen and oxygen atoms in total. The van der Waals surface area contributed by atoms with Crippen molar-refractivity contribution in [3.05, 3.63) is 30.1 Å². The molecule has 0 fully saturated rings. The fraction of sp³-hybridized carbons (Fsp3) is 0.545. The van der Waals surface area contributed by atoms with Gasteiger partial charge in [-0.3, -0.25) is 4.98 Å². The minimum absolute atomic E-state index is 0.362. The molecule has 0 amide bonds. The topological polar surface area (TPSA) is 34.1 Å². The molecule has 0 saturated heterocycles. The first kappa shape index (κ1) is 11.1. The summed E-state index contributed by atoms with van der Waals surface area (Å²) in [6.07, 6.45) is 4.73. The van der Waals surface area contributed by atoms with Crippen LogP contribution in [0.4, 0.5) is 0 Å². The van der Waals surface area contributed by atoms with Gasteiger partial charge in [0.05, 0.1) is 0 Å². The highest BCUT2D eigenvalue weighted by molar-refractivity contribution is 5.12. The number of ether oxygens (including phenoxy) is 1. The number of aromatic nitrogens is 1. The van der Waals surface area contributed by atoms with Crippen LogP contribution in [0.5, 0.6) is 0 Å². The lowest BCUT2D eigenvalue weighted by Crippen LogP contribution is -2.20. The molecule has 0 saturated carbocycles. The number of pyridine rings is 1. The van der Waals surface area contributed by atoms with Crippen molar-refractivity contribution in [2.75, 3.05) is 20.3 Å². The standard InChI is InChI=1S/C11H18N2O/c1-10(13-7-4-8-14-2)11-5-3-6-12-9-11/h3,5-6,9-10,13H,4,7-8H2,1-2H3/t10-/m0/s1. The monoisotopic (exact) mass is 194 g/mol. The number of nitrogens with zero attached hydrogens (tertiary/aromatic N) is 1. The molecule has 1 aromatic rings. The highest BCUT2D eigenvalue weighted by Crippen LogP contribution is 2.08. The number of hydrogen-bond donors (Lipinski definition) is 1. The van der Waals surface area contributed by atoms with Crippen molar-refractivity contribution in [3.8, 4) is 0 Å². The predicted octanol–water partition coefficient (Wildman–Crippen LogP) is 1.77. The van der Waals surface area contributed by atoms with Crippen molar-refractivity contribution < 1.29 is 4.74 Å². The van der Waals surface area contributed by atoms with Gasteiger partial charge in [0.15, 0.2) is 0 Å². The van der Waals surface area contributed by atoms with Gasteiger partial charge in [0.1, 0.15) is 0 Å². The molecule has 0 radical (unpaired) electrons. The molecule has 0 spiro atoms. The van der Waals surface area contributed by atoms with Gasteiger partial charge in [-0.25, -0.2) is 0 Å². The van der Waals surface area contributed by atoms with E-state index < -0.39 is 0 Å². The summed E-state index contributed by atoms with van der Waals surface area (Å²) < 4.78 is 4.98. The summed E-state index contributed by atoms with van der Waals surface area (Å²) in [7, 11) is 1.73. The Hall–Kier alpha value is -0.930. The van der Waals surface area contributed by atoms with Crippen molar-refractivity contribution in [1.29, 1.82) is 0 Å². The molecule has 1 atom stereocenters. The number of nitrogens with one attached hydrogen (secondary N) is 1. The summed E-state index contributed by atoms with van der Waals surface area (Å²) in [5, 5.41) is 3.41. The Kier molecular flexibility index (Phi) is 5.19. The minimum atomic E-state index is 0.362. The summed E-state index contributed by atoms with van der Waals surface area (Å²) in [5.74, 6) is 0. The van der Waals surface area contributed by atoms with Gasteiger partial charge >= 0.3 is 0 Å². The highest BCUT2D eigenvalue weighted by atomic mass is 16.5. The van der Waals surface area contributed by atoms with Crippen LogP contribution < -0.4 is 5.32 Å². The molecule has 1 aromatic heterocycles. The maximum absolute atomic E-state index is 4.98. The fourth-order valence-electron chi connectivity index (χ4n) is 1.29. The van der Waals surface area contributed by atoms with E-state index in [4.69, 9.17) is 4.74 Å². The first-order valence-electron chi connectivity index (χ1n) is 4.97. The number of rotatable bonds is 6. The van der Waals surface area contributed by atoms with Gasteiger partial charge in [0.2, 0.25) is 0 Å². The lowest BCUT2D eigenvalue weighted by atomic mass is 10.1. The summed E-state index contributed by atoms with van der Waals surface area (Å²) in [4.78, 5) is 4.09. The van der Waals surface area contributed by atoms with Crippen molar-refractivity contribution >= 4 is 0 Å². The zero-order valence-electron chi connectivity index (χ0n) is 8.86. The molecule has 0 aliphatic heterocycles. The Morgan fingerprint density at radius 3 is 3.07 bits per heavy atom. The summed E-state index contributed by atoms with van der Waals surface area (Å²) in [6, 6.07) is 4.41. The van der Waals surface area contributed by atoms with Gasteiger partial charge in [-0.05, 0) is 31.5 Å². The van der Waals surface area contributed by atoms with Crippen LogP contribution in [0.3, 0.4) is 0 Å². The van der Waals surface area contributed by atoms with Crippen molar-refractivity contribution in [2.24, 2.45) is 0 Å². The second-order valence-electron chi connectivity index (χ2n) is 3.31. The zero-order valence-corrected chi connectivity index (χ0v) is 8.86. The SMILES string of the molecule is COCCCN[C@@H](C)c1cccnc1. The summed E-state index contributed by atoms with van der Waals surface area (Å²) in [5.41, 5.74) is 1.23. The lowest BCUT2D eigenvalue weighted by molar-refractivity contribution is 0.193. The Morgan fingerprint density at radius 2 is 2.43 bits per heavy atom. The molecular weight excluding hydrogens is 176 g/mol. The fourth-order valence-corrected chi connectivity index (χ4v) is 1.29. The minimum Gasteiger partial charge on any atom is -0.385 e. The largest absolute Gasteiger partial charge is 0.385 e. The summed E-state index contributed by atoms with van der Waals surface area (Å²) >= 11 is 0. The first-order chi connectivity index (χ1) is 6.84. The van der Waals surface area contributed by atoms with Crippen LogP contribution in [0.15, 0.2) is 24.5 Å². The van der Waals surface area contributed by atoms with Gasteiger partial charge in [0.25, 0.3) is 0 Å². The third-order valence-corrected chi connectivity index (χ3v) is 2.16. The Morgan fingerprint density at radius 1 is 1.57 bits per heavy atom. The van der Waals surface area contributed by atoms with E-state index in [2.05, 4.69) is 23.3 Å². The second-order valence-corrected chi connectivity index (χ2v) is 3.31. The third kappa shape index (κ3) is 3.85. The van der Waals surface area contributed by atoms with Gasteiger partial charge in [-0.1, -0.05) is 6.07 Å². The van der Waals surface area contributed by atoms with Crippen LogP contribution in [-0.4, -0.2) is 25.2 Å². The van der Waals surface area contributed by atoms with Gasteiger partial charge in [-0.2, -0.15) is 0 Å². The van der Waals surface area contributed by atoms with Crippen molar-refractivity contribution in [1.82, 2.24) is 10.3 Å². The maximum Gasteiger partial charge on any atom is 0.0474 e. The molecule has 0 aromatic carbocycles. The molecule has 0 aliphatic rings. The molecule has 1 rings (SSSR count). The number of methoxy groups -OCH3 is 1. The third-order valence-electron chi connectivity index (χ3n) is 2.16. The van der Waals surface area contributed by atoms with Gasteiger partial charge in [-0.15, -0.1) is 0 Å². The Labute approximate surface area is 85.5 Å². The molecule has 78 valence electrons. The van der Waals surface area contributed by atoms with E-state index in [-0.39, 0.29) is 0 Å². The molecular formula is C11H18N2O. The number of hydrogen-bond acceptors (Lipinski definition) is 3. The molecule has 0 unspecified atom stereocenters. The normalized spacial score (nSPS) is 12.7. The van der Waals surface area contributed by atoms with E-state index in [0.717, 1.165) is 19.6 Å². The van der Waals surface area contributed by atoms with E-state index in [9.17, 15) is 0 Å². The highest BCUT2D eigenvalue weighted by Gasteiger charge is 2.02. The molecule has 3 heteroatoms. The molecule has 0 bridgehead atoms. The van der Waals surface area contributed by atoms with Gasteiger partial charge in [0, 0.05) is 32.2 Å². The van der Waals surface area contributed by atoms with Crippen LogP contribution in [-0.2, 0) is 4.74 Å². The van der Waals surface area contributed by atoms with E-state index in [1.165, 1.54) is 5.56 Å². The molecule has 0 aliphatic carbocycles. The predicted molar refractivity (Wildman–Crippen MR) is 57.1 cm³/mol. The lowest BCUT2D eigenvalue weighted by Gasteiger charge is -2.13. The van der Waals surface area contributed by atoms with Crippen LogP contribution >= 0.6 is 0 Å². The Bertz CT molecular complexity index is 238. The van der Waals surface area contributed by atoms with E-state index in [1.54, 1.807) is 13.3 Å². The average molecular weight is 194 g/mol. The molecule has 1 N–H and O–H groups in total. The summed E-state index contributed by atoms with van der Waals surface area (Å²) in [6.45, 7) is 3.93. The van der Waals surface area contributed by atoms with Crippen LogP contribution in [0.2, 0.25) is 0 Å². The first-order valence-corrected chi connectivity index (χ1v) is 4.97. The van der Waals surface area contributed by atoms with E-state index >= 15 is 0 Å². The Balaban J connectivity index is 2.25. The quantitative estimate of drug-likeness (QED) is 0.701. The van der Waals surface area contributed by atoms with Gasteiger partial charge < -0.3 is 10.1 Å². The second kappa shape index (κ2) is 6.51.